The third kappa shape index (κ3) is 6.55. The number of halogens is 2. The SMILES string of the molecule is CC(C)Cn1c(=O)[nH]c(=O)c2c(C(=O)NCCC(C)N)cc(C(C)C)nc21.Cl.Cl. The number of H-pyrrole nitrogens is 1. The first-order valence-electron chi connectivity index (χ1n) is 9.33. The van der Waals surface area contributed by atoms with E-state index in [1.807, 2.05) is 34.6 Å². The lowest BCUT2D eigenvalue weighted by molar-refractivity contribution is 0.0954. The van der Waals surface area contributed by atoms with Gasteiger partial charge >= 0.3 is 5.69 Å². The van der Waals surface area contributed by atoms with Gasteiger partial charge in [0.2, 0.25) is 0 Å². The van der Waals surface area contributed by atoms with Crippen LogP contribution in [0.2, 0.25) is 0 Å². The summed E-state index contributed by atoms with van der Waals surface area (Å²) in [5, 5.41) is 2.94. The Bertz CT molecular complexity index is 951. The van der Waals surface area contributed by atoms with Crippen LogP contribution in [-0.4, -0.2) is 33.0 Å². The van der Waals surface area contributed by atoms with E-state index >= 15 is 0 Å². The van der Waals surface area contributed by atoms with Crippen molar-refractivity contribution in [2.24, 2.45) is 11.7 Å². The molecule has 164 valence electrons. The zero-order valence-electron chi connectivity index (χ0n) is 17.4. The minimum Gasteiger partial charge on any atom is -0.352 e. The van der Waals surface area contributed by atoms with E-state index in [0.717, 1.165) is 0 Å². The van der Waals surface area contributed by atoms with E-state index in [1.54, 1.807) is 6.07 Å². The topological polar surface area (TPSA) is 123 Å². The van der Waals surface area contributed by atoms with Crippen LogP contribution in [0, 0.1) is 5.92 Å². The Hall–Kier alpha value is -1.90. The van der Waals surface area contributed by atoms with Gasteiger partial charge in [-0.2, -0.15) is 0 Å². The van der Waals surface area contributed by atoms with Crippen molar-refractivity contribution in [2.75, 3.05) is 6.54 Å². The molecular weight excluding hydrogens is 417 g/mol. The van der Waals surface area contributed by atoms with Crippen LogP contribution in [0.5, 0.6) is 0 Å². The predicted molar refractivity (Wildman–Crippen MR) is 121 cm³/mol. The van der Waals surface area contributed by atoms with E-state index in [0.29, 0.717) is 25.2 Å². The summed E-state index contributed by atoms with van der Waals surface area (Å²) in [4.78, 5) is 44.5. The Morgan fingerprint density at radius 2 is 1.83 bits per heavy atom. The van der Waals surface area contributed by atoms with Gasteiger partial charge in [-0.05, 0) is 31.2 Å². The maximum atomic E-state index is 12.8. The van der Waals surface area contributed by atoms with Gasteiger partial charge in [0.05, 0.1) is 10.9 Å². The Balaban J connectivity index is 0.00000392. The standard InChI is InChI=1S/C19H29N5O3.2ClH/c1-10(2)9-24-16-15(18(26)23-19(24)27)13(8-14(22-16)11(3)4)17(25)21-7-6-12(5)20;;/h8,10-12H,6-7,9,20H2,1-5H3,(H,21,25)(H,23,26,27);2*1H. The molecule has 0 aliphatic carbocycles. The van der Waals surface area contributed by atoms with Crippen LogP contribution in [0.1, 0.15) is 63.0 Å². The largest absolute Gasteiger partial charge is 0.352 e. The average molecular weight is 448 g/mol. The Labute approximate surface area is 182 Å². The number of amides is 1. The van der Waals surface area contributed by atoms with E-state index in [2.05, 4.69) is 15.3 Å². The van der Waals surface area contributed by atoms with Crippen molar-refractivity contribution in [1.29, 1.82) is 0 Å². The fourth-order valence-electron chi connectivity index (χ4n) is 2.81. The molecule has 2 aromatic heterocycles. The molecular formula is C19H31Cl2N5O3. The zero-order chi connectivity index (χ0) is 20.3. The van der Waals surface area contributed by atoms with Crippen LogP contribution >= 0.6 is 24.8 Å². The number of carbonyl (C=O) groups is 1. The molecule has 4 N–H and O–H groups in total. The van der Waals surface area contributed by atoms with Gasteiger partial charge in [0.1, 0.15) is 0 Å². The number of rotatable bonds is 7. The molecule has 2 aromatic rings. The highest BCUT2D eigenvalue weighted by atomic mass is 35.5. The molecule has 0 saturated carbocycles. The number of nitrogens with zero attached hydrogens (tertiary/aromatic N) is 2. The summed E-state index contributed by atoms with van der Waals surface area (Å²) < 4.78 is 1.44. The van der Waals surface area contributed by atoms with E-state index in [4.69, 9.17) is 5.73 Å². The number of nitrogens with two attached hydrogens (primary N) is 1. The van der Waals surface area contributed by atoms with Crippen LogP contribution in [-0.2, 0) is 6.54 Å². The Kier molecular flexibility index (Phi) is 10.6. The Morgan fingerprint density at radius 1 is 1.21 bits per heavy atom. The molecule has 0 aliphatic rings. The normalized spacial score (nSPS) is 11.9. The lowest BCUT2D eigenvalue weighted by Crippen LogP contribution is -2.35. The minimum atomic E-state index is -0.602. The molecule has 1 atom stereocenters. The van der Waals surface area contributed by atoms with Crippen molar-refractivity contribution in [1.82, 2.24) is 19.9 Å². The van der Waals surface area contributed by atoms with Gasteiger partial charge in [0.15, 0.2) is 5.65 Å². The van der Waals surface area contributed by atoms with Crippen molar-refractivity contribution in [3.05, 3.63) is 38.2 Å². The zero-order valence-corrected chi connectivity index (χ0v) is 19.1. The van der Waals surface area contributed by atoms with Crippen molar-refractivity contribution in [3.8, 4) is 0 Å². The van der Waals surface area contributed by atoms with Gasteiger partial charge < -0.3 is 11.1 Å². The molecule has 0 bridgehead atoms. The lowest BCUT2D eigenvalue weighted by atomic mass is 10.0. The van der Waals surface area contributed by atoms with Crippen LogP contribution < -0.4 is 22.3 Å². The number of hydrogen-bond acceptors (Lipinski definition) is 5. The highest BCUT2D eigenvalue weighted by molar-refractivity contribution is 6.05. The smallest absolute Gasteiger partial charge is 0.330 e. The number of carbonyl (C=O) groups excluding carboxylic acids is 1. The predicted octanol–water partition coefficient (Wildman–Crippen LogP) is 2.17. The van der Waals surface area contributed by atoms with Crippen LogP contribution in [0.4, 0.5) is 0 Å². The molecule has 0 aliphatic heterocycles. The summed E-state index contributed by atoms with van der Waals surface area (Å²) in [7, 11) is 0. The molecule has 2 rings (SSSR count). The highest BCUT2D eigenvalue weighted by Gasteiger charge is 2.20. The third-order valence-corrected chi connectivity index (χ3v) is 4.24. The fourth-order valence-corrected chi connectivity index (χ4v) is 2.81. The van der Waals surface area contributed by atoms with Crippen LogP contribution in [0.25, 0.3) is 11.0 Å². The van der Waals surface area contributed by atoms with Crippen LogP contribution in [0.3, 0.4) is 0 Å². The summed E-state index contributed by atoms with van der Waals surface area (Å²) in [6.07, 6.45) is 0.625. The molecule has 0 spiro atoms. The number of nitrogens with one attached hydrogen (secondary N) is 2. The van der Waals surface area contributed by atoms with Gasteiger partial charge in [-0.25, -0.2) is 9.78 Å². The summed E-state index contributed by atoms with van der Waals surface area (Å²) in [6.45, 7) is 10.5. The molecule has 0 aromatic carbocycles. The van der Waals surface area contributed by atoms with E-state index < -0.39 is 11.2 Å². The van der Waals surface area contributed by atoms with E-state index in [1.165, 1.54) is 4.57 Å². The quantitative estimate of drug-likeness (QED) is 0.599. The van der Waals surface area contributed by atoms with Gasteiger partial charge in [-0.3, -0.25) is 19.1 Å². The summed E-state index contributed by atoms with van der Waals surface area (Å²) in [5.41, 5.74) is 5.74. The number of fused-ring (bicyclic) bond motifs is 1. The second-order valence-electron chi connectivity index (χ2n) is 7.73. The minimum absolute atomic E-state index is 0. The van der Waals surface area contributed by atoms with E-state index in [9.17, 15) is 14.4 Å². The second kappa shape index (κ2) is 11.3. The molecule has 29 heavy (non-hydrogen) atoms. The van der Waals surface area contributed by atoms with Gasteiger partial charge in [-0.15, -0.1) is 24.8 Å². The highest BCUT2D eigenvalue weighted by Crippen LogP contribution is 2.20. The fraction of sp³-hybridized carbons (Fsp3) is 0.579. The monoisotopic (exact) mass is 447 g/mol. The Morgan fingerprint density at radius 3 is 2.34 bits per heavy atom. The number of hydrogen-bond donors (Lipinski definition) is 3. The lowest BCUT2D eigenvalue weighted by Gasteiger charge is -2.16. The number of aromatic amines is 1. The van der Waals surface area contributed by atoms with Crippen molar-refractivity contribution in [2.45, 2.75) is 59.5 Å². The first-order valence-corrected chi connectivity index (χ1v) is 9.33. The maximum absolute atomic E-state index is 12.8. The summed E-state index contributed by atoms with van der Waals surface area (Å²) >= 11 is 0. The molecule has 0 radical (unpaired) electrons. The molecule has 0 saturated heterocycles. The molecule has 1 amide bonds. The van der Waals surface area contributed by atoms with Crippen molar-refractivity contribution < 1.29 is 4.79 Å². The molecule has 10 heteroatoms. The van der Waals surface area contributed by atoms with Crippen molar-refractivity contribution >= 4 is 41.8 Å². The maximum Gasteiger partial charge on any atom is 0.330 e. The summed E-state index contributed by atoms with van der Waals surface area (Å²) in [6, 6.07) is 1.60. The number of aromatic nitrogens is 3. The van der Waals surface area contributed by atoms with Gasteiger partial charge in [0.25, 0.3) is 11.5 Å². The first-order chi connectivity index (χ1) is 12.6. The molecule has 1 unspecified atom stereocenters. The third-order valence-electron chi connectivity index (χ3n) is 4.24. The van der Waals surface area contributed by atoms with Gasteiger partial charge in [0, 0.05) is 24.8 Å². The second-order valence-corrected chi connectivity index (χ2v) is 7.73. The van der Waals surface area contributed by atoms with Crippen molar-refractivity contribution in [3.63, 3.8) is 0 Å². The van der Waals surface area contributed by atoms with Gasteiger partial charge in [-0.1, -0.05) is 27.7 Å². The average Bonchev–Trinajstić information content (AvgIpc) is 2.56. The summed E-state index contributed by atoms with van der Waals surface area (Å²) in [5.74, 6) is -0.165. The van der Waals surface area contributed by atoms with E-state index in [-0.39, 0.29) is 65.2 Å². The first kappa shape index (κ1) is 27.1. The van der Waals surface area contributed by atoms with Crippen LogP contribution in [0.15, 0.2) is 15.7 Å². The molecule has 0 fully saturated rings. The number of pyridine rings is 1. The molecule has 2 heterocycles. The molecule has 8 nitrogen and oxygen atoms in total.